The number of aryl methyl sites for hydroxylation is 1. The molecule has 2 atom stereocenters. The molecule has 2 rings (SSSR count). The topological polar surface area (TPSA) is 47.6 Å². The van der Waals surface area contributed by atoms with Crippen LogP contribution in [0.25, 0.3) is 0 Å². The Hall–Kier alpha value is -1.26. The Morgan fingerprint density at radius 2 is 2.00 bits per heavy atom. The molecule has 0 aliphatic carbocycles. The van der Waals surface area contributed by atoms with Gasteiger partial charge in [0.25, 0.3) is 0 Å². The maximum Gasteiger partial charge on any atom is 0.323 e. The van der Waals surface area contributed by atoms with Gasteiger partial charge in [0.15, 0.2) is 0 Å². The molecule has 0 spiro atoms. The molecule has 1 aromatic rings. The van der Waals surface area contributed by atoms with Crippen LogP contribution in [0, 0.1) is 6.92 Å². The molecule has 4 nitrogen and oxygen atoms in total. The number of hydrogen-bond donors (Lipinski definition) is 1. The summed E-state index contributed by atoms with van der Waals surface area (Å²) in [6.07, 6.45) is 0.641. The molecule has 1 aliphatic rings. The second kappa shape index (κ2) is 7.34. The van der Waals surface area contributed by atoms with E-state index in [0.717, 1.165) is 5.75 Å². The molecular formula is C17H26ClNO3. The quantitative estimate of drug-likeness (QED) is 0.867. The van der Waals surface area contributed by atoms with Crippen molar-refractivity contribution in [2.45, 2.75) is 51.7 Å². The third-order valence-electron chi connectivity index (χ3n) is 3.81. The van der Waals surface area contributed by atoms with Gasteiger partial charge in [0.1, 0.15) is 17.9 Å². The summed E-state index contributed by atoms with van der Waals surface area (Å²) >= 11 is 0. The molecule has 5 heteroatoms. The number of carbonyl (C=O) groups is 1. The van der Waals surface area contributed by atoms with Crippen molar-refractivity contribution in [1.29, 1.82) is 0 Å². The minimum absolute atomic E-state index is 0. The number of methoxy groups -OCH3 is 1. The highest BCUT2D eigenvalue weighted by atomic mass is 35.5. The fraction of sp³-hybridized carbons (Fsp3) is 0.588. The number of benzene rings is 1. The summed E-state index contributed by atoms with van der Waals surface area (Å²) in [4.78, 5) is 11.5. The van der Waals surface area contributed by atoms with Gasteiger partial charge in [-0.3, -0.25) is 4.79 Å². The molecule has 1 N–H and O–H groups in total. The van der Waals surface area contributed by atoms with Gasteiger partial charge in [-0.1, -0.05) is 38.5 Å². The zero-order chi connectivity index (χ0) is 15.6. The normalized spacial score (nSPS) is 21.1. The zero-order valence-corrected chi connectivity index (χ0v) is 14.8. The molecule has 124 valence electrons. The predicted molar refractivity (Wildman–Crippen MR) is 90.0 cm³/mol. The Labute approximate surface area is 139 Å². The summed E-state index contributed by atoms with van der Waals surface area (Å²) in [6, 6.07) is 6.00. The van der Waals surface area contributed by atoms with E-state index in [1.807, 2.05) is 6.07 Å². The molecule has 1 fully saturated rings. The van der Waals surface area contributed by atoms with Crippen LogP contribution in [0.5, 0.6) is 5.75 Å². The molecule has 0 bridgehead atoms. The van der Waals surface area contributed by atoms with Gasteiger partial charge < -0.3 is 14.8 Å². The summed E-state index contributed by atoms with van der Waals surface area (Å²) < 4.78 is 10.9. The molecule has 1 heterocycles. The van der Waals surface area contributed by atoms with E-state index in [1.165, 1.54) is 18.2 Å². The van der Waals surface area contributed by atoms with Crippen molar-refractivity contribution in [2.24, 2.45) is 0 Å². The van der Waals surface area contributed by atoms with Gasteiger partial charge in [-0.05, 0) is 24.0 Å². The standard InChI is InChI=1S/C17H25NO3.ClH/c1-11-6-7-15(13(8-11)17(2,3)4)21-12-9-14(18-10-12)16(19)20-5;/h6-8,12,14,18H,9-10H2,1-5H3;1H/t12-,14-;/m0./s1. The molecule has 0 amide bonds. The van der Waals surface area contributed by atoms with E-state index in [0.29, 0.717) is 13.0 Å². The molecule has 0 radical (unpaired) electrons. The lowest BCUT2D eigenvalue weighted by Crippen LogP contribution is -2.31. The third-order valence-corrected chi connectivity index (χ3v) is 3.81. The van der Waals surface area contributed by atoms with Crippen molar-refractivity contribution in [3.63, 3.8) is 0 Å². The van der Waals surface area contributed by atoms with Crippen molar-refractivity contribution in [2.75, 3.05) is 13.7 Å². The largest absolute Gasteiger partial charge is 0.489 e. The number of carbonyl (C=O) groups excluding carboxylic acids is 1. The number of halogens is 1. The van der Waals surface area contributed by atoms with Gasteiger partial charge in [-0.2, -0.15) is 0 Å². The molecule has 0 aromatic heterocycles. The number of rotatable bonds is 3. The average Bonchev–Trinajstić information content (AvgIpc) is 2.87. The van der Waals surface area contributed by atoms with Gasteiger partial charge in [-0.15, -0.1) is 12.4 Å². The Bertz CT molecular complexity index is 525. The van der Waals surface area contributed by atoms with E-state index in [-0.39, 0.29) is 35.9 Å². The van der Waals surface area contributed by atoms with Crippen molar-refractivity contribution < 1.29 is 14.3 Å². The number of nitrogens with one attached hydrogen (secondary N) is 1. The summed E-state index contributed by atoms with van der Waals surface area (Å²) in [5.41, 5.74) is 2.45. The minimum Gasteiger partial charge on any atom is -0.489 e. The fourth-order valence-electron chi connectivity index (χ4n) is 2.63. The van der Waals surface area contributed by atoms with Crippen molar-refractivity contribution in [3.05, 3.63) is 29.3 Å². The van der Waals surface area contributed by atoms with Crippen LogP contribution in [0.4, 0.5) is 0 Å². The molecule has 22 heavy (non-hydrogen) atoms. The van der Waals surface area contributed by atoms with Gasteiger partial charge >= 0.3 is 5.97 Å². The first-order valence-corrected chi connectivity index (χ1v) is 7.40. The smallest absolute Gasteiger partial charge is 0.323 e. The van der Waals surface area contributed by atoms with Gasteiger partial charge in [0.05, 0.1) is 7.11 Å². The van der Waals surface area contributed by atoms with Crippen LogP contribution in [-0.2, 0) is 14.9 Å². The molecular weight excluding hydrogens is 302 g/mol. The third kappa shape index (κ3) is 4.37. The molecule has 1 aliphatic heterocycles. The van der Waals surface area contributed by atoms with Crippen LogP contribution >= 0.6 is 12.4 Å². The minimum atomic E-state index is -0.261. The van der Waals surface area contributed by atoms with E-state index in [4.69, 9.17) is 9.47 Å². The van der Waals surface area contributed by atoms with E-state index in [1.54, 1.807) is 0 Å². The average molecular weight is 328 g/mol. The first-order valence-electron chi connectivity index (χ1n) is 7.40. The molecule has 0 saturated carbocycles. The maximum atomic E-state index is 11.5. The Balaban J connectivity index is 0.00000242. The van der Waals surface area contributed by atoms with Crippen molar-refractivity contribution >= 4 is 18.4 Å². The highest BCUT2D eigenvalue weighted by Crippen LogP contribution is 2.33. The van der Waals surface area contributed by atoms with Crippen LogP contribution < -0.4 is 10.1 Å². The van der Waals surface area contributed by atoms with E-state index >= 15 is 0 Å². The highest BCUT2D eigenvalue weighted by molar-refractivity contribution is 5.85. The van der Waals surface area contributed by atoms with E-state index in [9.17, 15) is 4.79 Å². The lowest BCUT2D eigenvalue weighted by Gasteiger charge is -2.25. The van der Waals surface area contributed by atoms with Gasteiger partial charge in [-0.25, -0.2) is 0 Å². The first-order chi connectivity index (χ1) is 9.81. The van der Waals surface area contributed by atoms with Gasteiger partial charge in [0.2, 0.25) is 0 Å². The summed E-state index contributed by atoms with van der Waals surface area (Å²) in [6.45, 7) is 9.29. The number of ether oxygens (including phenoxy) is 2. The molecule has 0 unspecified atom stereocenters. The predicted octanol–water partition coefficient (Wildman–Crippen LogP) is 3.00. The zero-order valence-electron chi connectivity index (χ0n) is 13.9. The fourth-order valence-corrected chi connectivity index (χ4v) is 2.63. The Morgan fingerprint density at radius 1 is 1.32 bits per heavy atom. The van der Waals surface area contributed by atoms with Crippen LogP contribution in [0.3, 0.4) is 0 Å². The van der Waals surface area contributed by atoms with Crippen molar-refractivity contribution in [1.82, 2.24) is 5.32 Å². The summed E-state index contributed by atoms with van der Waals surface area (Å²) in [7, 11) is 1.41. The second-order valence-corrected chi connectivity index (χ2v) is 6.71. The first kappa shape index (κ1) is 18.8. The van der Waals surface area contributed by atoms with Crippen LogP contribution in [0.15, 0.2) is 18.2 Å². The highest BCUT2D eigenvalue weighted by Gasteiger charge is 2.32. The van der Waals surface area contributed by atoms with E-state index in [2.05, 4.69) is 45.1 Å². The van der Waals surface area contributed by atoms with Crippen LogP contribution in [0.2, 0.25) is 0 Å². The number of esters is 1. The Kier molecular flexibility index (Phi) is 6.27. The summed E-state index contributed by atoms with van der Waals surface area (Å²) in [5.74, 6) is 0.687. The monoisotopic (exact) mass is 327 g/mol. The van der Waals surface area contributed by atoms with Crippen molar-refractivity contribution in [3.8, 4) is 5.75 Å². The Morgan fingerprint density at radius 3 is 2.59 bits per heavy atom. The lowest BCUT2D eigenvalue weighted by molar-refractivity contribution is -0.142. The molecule has 1 aromatic carbocycles. The SMILES string of the molecule is COC(=O)[C@@H]1C[C@H](Oc2ccc(C)cc2C(C)(C)C)CN1.Cl. The molecule has 1 saturated heterocycles. The van der Waals surface area contributed by atoms with Gasteiger partial charge in [0, 0.05) is 13.0 Å². The van der Waals surface area contributed by atoms with E-state index < -0.39 is 0 Å². The summed E-state index contributed by atoms with van der Waals surface area (Å²) in [5, 5.41) is 3.15. The number of hydrogen-bond acceptors (Lipinski definition) is 4. The van der Waals surface area contributed by atoms with Crippen LogP contribution in [-0.4, -0.2) is 31.8 Å². The maximum absolute atomic E-state index is 11.5. The second-order valence-electron chi connectivity index (χ2n) is 6.71. The van der Waals surface area contributed by atoms with Crippen LogP contribution in [0.1, 0.15) is 38.3 Å². The lowest BCUT2D eigenvalue weighted by atomic mass is 9.85.